The molecule has 3 heterocycles. The number of imidazole rings is 1. The van der Waals surface area contributed by atoms with Crippen molar-refractivity contribution in [3.63, 3.8) is 0 Å². The quantitative estimate of drug-likeness (QED) is 0.543. The van der Waals surface area contributed by atoms with Crippen LogP contribution >= 0.6 is 0 Å². The van der Waals surface area contributed by atoms with Gasteiger partial charge in [0.1, 0.15) is 5.82 Å². The van der Waals surface area contributed by atoms with Gasteiger partial charge in [-0.15, -0.1) is 0 Å². The molecule has 0 fully saturated rings. The summed E-state index contributed by atoms with van der Waals surface area (Å²) < 4.78 is 3.82. The summed E-state index contributed by atoms with van der Waals surface area (Å²) in [5.41, 5.74) is 2.87. The van der Waals surface area contributed by atoms with E-state index in [0.717, 1.165) is 55.5 Å². The molecule has 4 aromatic rings. The molecule has 1 aliphatic rings. The van der Waals surface area contributed by atoms with Crippen LogP contribution in [0.2, 0.25) is 0 Å². The Bertz CT molecular complexity index is 1350. The van der Waals surface area contributed by atoms with Gasteiger partial charge in [-0.3, -0.25) is 19.5 Å². The number of carbonyl (C=O) groups is 1. The topological polar surface area (TPSA) is 81.8 Å². The Morgan fingerprint density at radius 2 is 1.94 bits per heavy atom. The van der Waals surface area contributed by atoms with E-state index in [1.54, 1.807) is 22.8 Å². The lowest BCUT2D eigenvalue weighted by molar-refractivity contribution is 0.102. The lowest BCUT2D eigenvalue weighted by Gasteiger charge is -2.11. The highest BCUT2D eigenvalue weighted by Gasteiger charge is 2.17. The molecule has 0 saturated carbocycles. The van der Waals surface area contributed by atoms with Gasteiger partial charge in [0.2, 0.25) is 5.95 Å². The second-order valence-electron chi connectivity index (χ2n) is 8.06. The molecule has 0 aliphatic carbocycles. The normalized spacial score (nSPS) is 13.8. The first-order chi connectivity index (χ1) is 15.2. The zero-order chi connectivity index (χ0) is 21.4. The zero-order valence-electron chi connectivity index (χ0n) is 17.6. The molecule has 1 amide bonds. The van der Waals surface area contributed by atoms with E-state index < -0.39 is 0 Å². The number of carbonyl (C=O) groups excluding carboxylic acids is 1. The number of amides is 1. The first-order valence-corrected chi connectivity index (χ1v) is 11.0. The summed E-state index contributed by atoms with van der Waals surface area (Å²) in [5, 5.41) is 3.51. The monoisotopic (exact) mass is 415 g/mol. The lowest BCUT2D eigenvalue weighted by Crippen LogP contribution is -2.25. The Balaban J connectivity index is 1.51. The third kappa shape index (κ3) is 3.50. The molecule has 1 N–H and O–H groups in total. The molecule has 2 aromatic heterocycles. The van der Waals surface area contributed by atoms with E-state index in [2.05, 4.69) is 17.2 Å². The van der Waals surface area contributed by atoms with Crippen LogP contribution in [-0.2, 0) is 19.5 Å². The summed E-state index contributed by atoms with van der Waals surface area (Å²) in [6.45, 7) is 3.57. The molecule has 7 nitrogen and oxygen atoms in total. The number of nitrogens with one attached hydrogen (secondary N) is 1. The maximum Gasteiger partial charge on any atom is 0.261 e. The first kappa shape index (κ1) is 19.5. The number of anilines is 1. The Morgan fingerprint density at radius 1 is 1.06 bits per heavy atom. The van der Waals surface area contributed by atoms with Gasteiger partial charge in [0.15, 0.2) is 0 Å². The molecule has 1 aliphatic heterocycles. The fourth-order valence-electron chi connectivity index (χ4n) is 4.35. The average Bonchev–Trinajstić information content (AvgIpc) is 2.95. The summed E-state index contributed by atoms with van der Waals surface area (Å²) in [6, 6.07) is 13.0. The highest BCUT2D eigenvalue weighted by Crippen LogP contribution is 2.21. The molecule has 158 valence electrons. The third-order valence-electron chi connectivity index (χ3n) is 5.91. The Kier molecular flexibility index (Phi) is 5.02. The molecule has 0 bridgehead atoms. The molecule has 5 rings (SSSR count). The fraction of sp³-hybridized carbons (Fsp3) is 0.333. The number of aryl methyl sites for hydroxylation is 2. The van der Waals surface area contributed by atoms with Gasteiger partial charge in [-0.2, -0.15) is 0 Å². The van der Waals surface area contributed by atoms with E-state index in [1.807, 2.05) is 28.8 Å². The maximum atomic E-state index is 13.0. The van der Waals surface area contributed by atoms with Crippen molar-refractivity contribution in [2.75, 3.05) is 5.32 Å². The number of nitrogens with zero attached hydrogens (tertiary/aromatic N) is 4. The summed E-state index contributed by atoms with van der Waals surface area (Å²) in [6.07, 6.45) is 4.86. The van der Waals surface area contributed by atoms with Crippen LogP contribution in [0, 0.1) is 0 Å². The van der Waals surface area contributed by atoms with E-state index in [4.69, 9.17) is 4.98 Å². The minimum Gasteiger partial charge on any atom is -0.310 e. The Morgan fingerprint density at radius 3 is 2.81 bits per heavy atom. The Hall–Kier alpha value is -3.48. The van der Waals surface area contributed by atoms with Crippen LogP contribution in [0.25, 0.3) is 21.9 Å². The van der Waals surface area contributed by atoms with Gasteiger partial charge in [-0.25, -0.2) is 9.97 Å². The molecule has 2 aromatic carbocycles. The Labute approximate surface area is 179 Å². The average molecular weight is 415 g/mol. The highest BCUT2D eigenvalue weighted by molar-refractivity contribution is 6.05. The number of aromatic nitrogens is 4. The van der Waals surface area contributed by atoms with E-state index in [1.165, 1.54) is 0 Å². The molecule has 7 heteroatoms. The predicted molar refractivity (Wildman–Crippen MR) is 122 cm³/mol. The summed E-state index contributed by atoms with van der Waals surface area (Å²) in [7, 11) is 0. The van der Waals surface area contributed by atoms with Crippen molar-refractivity contribution in [1.29, 1.82) is 0 Å². The van der Waals surface area contributed by atoms with Crippen molar-refractivity contribution in [2.45, 2.75) is 52.1 Å². The number of hydrogen-bond acceptors (Lipinski definition) is 4. The number of fused-ring (bicyclic) bond motifs is 3. The van der Waals surface area contributed by atoms with E-state index in [0.29, 0.717) is 29.0 Å². The molecular formula is C24H25N5O2. The highest BCUT2D eigenvalue weighted by atomic mass is 16.2. The van der Waals surface area contributed by atoms with Crippen LogP contribution in [0.1, 0.15) is 48.8 Å². The van der Waals surface area contributed by atoms with Crippen molar-refractivity contribution in [2.24, 2.45) is 0 Å². The van der Waals surface area contributed by atoms with Crippen LogP contribution in [0.15, 0.2) is 47.3 Å². The number of para-hydroxylation sites is 2. The molecule has 0 unspecified atom stereocenters. The maximum absolute atomic E-state index is 13.0. The minimum absolute atomic E-state index is 0.0152. The molecular weight excluding hydrogens is 390 g/mol. The third-order valence-corrected chi connectivity index (χ3v) is 5.91. The van der Waals surface area contributed by atoms with Crippen LogP contribution in [-0.4, -0.2) is 25.0 Å². The van der Waals surface area contributed by atoms with Gasteiger partial charge < -0.3 is 4.57 Å². The van der Waals surface area contributed by atoms with Gasteiger partial charge in [0, 0.05) is 25.1 Å². The van der Waals surface area contributed by atoms with Gasteiger partial charge in [-0.05, 0) is 49.6 Å². The van der Waals surface area contributed by atoms with E-state index in [-0.39, 0.29) is 11.5 Å². The predicted octanol–water partition coefficient (Wildman–Crippen LogP) is 4.13. The summed E-state index contributed by atoms with van der Waals surface area (Å²) in [5.74, 6) is 1.09. The number of benzene rings is 2. The molecule has 0 atom stereocenters. The van der Waals surface area contributed by atoms with Crippen molar-refractivity contribution < 1.29 is 4.79 Å². The van der Waals surface area contributed by atoms with Crippen LogP contribution in [0.5, 0.6) is 0 Å². The second-order valence-corrected chi connectivity index (χ2v) is 8.06. The van der Waals surface area contributed by atoms with Gasteiger partial charge in [0.25, 0.3) is 11.5 Å². The van der Waals surface area contributed by atoms with Gasteiger partial charge >= 0.3 is 0 Å². The molecule has 0 spiro atoms. The second kappa shape index (κ2) is 7.98. The van der Waals surface area contributed by atoms with Crippen LogP contribution in [0.3, 0.4) is 0 Å². The van der Waals surface area contributed by atoms with Crippen molar-refractivity contribution in [3.05, 3.63) is 64.2 Å². The number of rotatable bonds is 4. The summed E-state index contributed by atoms with van der Waals surface area (Å²) in [4.78, 5) is 35.3. The van der Waals surface area contributed by atoms with Gasteiger partial charge in [0.05, 0.1) is 21.9 Å². The number of hydrogen-bond donors (Lipinski definition) is 1. The largest absolute Gasteiger partial charge is 0.310 e. The van der Waals surface area contributed by atoms with Crippen molar-refractivity contribution in [3.8, 4) is 0 Å². The SMILES string of the molecule is CCCn1c(NC(=O)c2ccc3c(=O)n4c(nc3c2)CCCCC4)nc2ccccc21. The minimum atomic E-state index is -0.258. The fourth-order valence-corrected chi connectivity index (χ4v) is 4.35. The van der Waals surface area contributed by atoms with Gasteiger partial charge in [-0.1, -0.05) is 25.5 Å². The van der Waals surface area contributed by atoms with Crippen LogP contribution in [0.4, 0.5) is 5.95 Å². The smallest absolute Gasteiger partial charge is 0.261 e. The van der Waals surface area contributed by atoms with E-state index >= 15 is 0 Å². The van der Waals surface area contributed by atoms with Crippen molar-refractivity contribution >= 4 is 33.8 Å². The van der Waals surface area contributed by atoms with Crippen LogP contribution < -0.4 is 10.9 Å². The summed E-state index contributed by atoms with van der Waals surface area (Å²) >= 11 is 0. The van der Waals surface area contributed by atoms with Crippen molar-refractivity contribution in [1.82, 2.24) is 19.1 Å². The van der Waals surface area contributed by atoms with E-state index in [9.17, 15) is 9.59 Å². The zero-order valence-corrected chi connectivity index (χ0v) is 17.6. The first-order valence-electron chi connectivity index (χ1n) is 11.0. The molecule has 0 saturated heterocycles. The molecule has 0 radical (unpaired) electrons. The standard InChI is InChI=1S/C24H25N5O2/c1-2-13-28-20-9-6-5-8-18(20)26-24(28)27-22(30)16-11-12-17-19(15-16)25-21-10-4-3-7-14-29(21)23(17)31/h5-6,8-9,11-12,15H,2-4,7,10,13-14H2,1H3,(H,26,27,30). The molecule has 31 heavy (non-hydrogen) atoms. The lowest BCUT2D eigenvalue weighted by atomic mass is 10.1.